The number of carbonyl (C=O) groups excluding carboxylic acids is 1. The highest BCUT2D eigenvalue weighted by atomic mass is 16.6. The summed E-state index contributed by atoms with van der Waals surface area (Å²) < 4.78 is 5.34. The second kappa shape index (κ2) is 6.67. The van der Waals surface area contributed by atoms with Crippen molar-refractivity contribution in [1.82, 2.24) is 4.98 Å². The van der Waals surface area contributed by atoms with Gasteiger partial charge in [-0.2, -0.15) is 0 Å². The molecule has 1 heterocycles. The number of pyridine rings is 1. The van der Waals surface area contributed by atoms with E-state index in [0.29, 0.717) is 12.2 Å². The maximum atomic E-state index is 12.2. The zero-order valence-electron chi connectivity index (χ0n) is 12.5. The van der Waals surface area contributed by atoms with Gasteiger partial charge < -0.3 is 15.6 Å². The maximum absolute atomic E-state index is 12.2. The lowest BCUT2D eigenvalue weighted by atomic mass is 10.2. The predicted molar refractivity (Wildman–Crippen MR) is 77.4 cm³/mol. The van der Waals surface area contributed by atoms with Crippen LogP contribution in [0.25, 0.3) is 0 Å². The number of anilines is 1. The molecule has 1 aromatic heterocycles. The number of nitrogens with two attached hydrogens (primary N) is 1. The van der Waals surface area contributed by atoms with Crippen molar-refractivity contribution in [2.45, 2.75) is 45.9 Å². The Labute approximate surface area is 119 Å². The largest absolute Gasteiger partial charge is 0.443 e. The molecular weight excluding hydrogens is 258 g/mol. The van der Waals surface area contributed by atoms with E-state index in [-0.39, 0.29) is 6.54 Å². The van der Waals surface area contributed by atoms with Crippen LogP contribution in [0.5, 0.6) is 0 Å². The summed E-state index contributed by atoms with van der Waals surface area (Å²) in [4.78, 5) is 17.7. The molecule has 1 rings (SSSR count). The molecule has 0 fully saturated rings. The van der Waals surface area contributed by atoms with Gasteiger partial charge in [0.2, 0.25) is 0 Å². The Morgan fingerprint density at radius 2 is 2.15 bits per heavy atom. The quantitative estimate of drug-likeness (QED) is 0.876. The molecule has 1 amide bonds. The van der Waals surface area contributed by atoms with Crippen molar-refractivity contribution in [3.05, 3.63) is 24.0 Å². The first kappa shape index (κ1) is 16.4. The minimum atomic E-state index is -0.670. The van der Waals surface area contributed by atoms with Crippen LogP contribution in [0.15, 0.2) is 18.3 Å². The number of hydrogen-bond acceptors (Lipinski definition) is 5. The van der Waals surface area contributed by atoms with Crippen LogP contribution >= 0.6 is 0 Å². The number of aromatic nitrogens is 1. The molecule has 1 aromatic rings. The second-order valence-electron chi connectivity index (χ2n) is 5.65. The molecule has 0 aromatic carbocycles. The highest BCUT2D eigenvalue weighted by molar-refractivity contribution is 5.87. The van der Waals surface area contributed by atoms with Crippen molar-refractivity contribution >= 4 is 11.8 Å². The number of rotatable bonds is 4. The fraction of sp³-hybridized carbons (Fsp3) is 0.571. The van der Waals surface area contributed by atoms with Gasteiger partial charge in [0.15, 0.2) is 0 Å². The minimum absolute atomic E-state index is 0.137. The van der Waals surface area contributed by atoms with Crippen LogP contribution in [0, 0.1) is 0 Å². The van der Waals surface area contributed by atoms with Gasteiger partial charge in [0.1, 0.15) is 5.60 Å². The molecule has 112 valence electrons. The molecule has 0 aliphatic rings. The first-order chi connectivity index (χ1) is 9.23. The van der Waals surface area contributed by atoms with E-state index in [1.807, 2.05) is 0 Å². The van der Waals surface area contributed by atoms with E-state index in [1.54, 1.807) is 46.0 Å². The maximum Gasteiger partial charge on any atom is 0.414 e. The van der Waals surface area contributed by atoms with Gasteiger partial charge >= 0.3 is 6.09 Å². The van der Waals surface area contributed by atoms with Crippen molar-refractivity contribution in [3.63, 3.8) is 0 Å². The summed E-state index contributed by atoms with van der Waals surface area (Å²) in [5.41, 5.74) is 6.19. The van der Waals surface area contributed by atoms with Gasteiger partial charge in [0.25, 0.3) is 0 Å². The molecule has 0 bridgehead atoms. The van der Waals surface area contributed by atoms with Crippen molar-refractivity contribution in [2.24, 2.45) is 5.73 Å². The van der Waals surface area contributed by atoms with E-state index in [2.05, 4.69) is 4.98 Å². The smallest absolute Gasteiger partial charge is 0.414 e. The van der Waals surface area contributed by atoms with Crippen LogP contribution in [0.3, 0.4) is 0 Å². The summed E-state index contributed by atoms with van der Waals surface area (Å²) in [5.74, 6) is 0. The molecule has 0 aliphatic heterocycles. The van der Waals surface area contributed by atoms with E-state index >= 15 is 0 Å². The van der Waals surface area contributed by atoms with Crippen LogP contribution in [0.4, 0.5) is 10.5 Å². The number of hydrogen-bond donors (Lipinski definition) is 2. The van der Waals surface area contributed by atoms with E-state index in [4.69, 9.17) is 10.5 Å². The van der Waals surface area contributed by atoms with Crippen molar-refractivity contribution in [3.8, 4) is 0 Å². The minimum Gasteiger partial charge on any atom is -0.443 e. The number of aliphatic hydroxyl groups excluding tert-OH is 1. The third-order valence-corrected chi connectivity index (χ3v) is 2.39. The third-order valence-electron chi connectivity index (χ3n) is 2.39. The SMILES string of the molecule is C[C@@H](O)CN(C(=O)OC(C)(C)C)c1ccc(CN)nc1. The van der Waals surface area contributed by atoms with Crippen molar-refractivity contribution in [2.75, 3.05) is 11.4 Å². The van der Waals surface area contributed by atoms with Crippen molar-refractivity contribution < 1.29 is 14.6 Å². The second-order valence-corrected chi connectivity index (χ2v) is 5.65. The Kier molecular flexibility index (Phi) is 5.47. The number of amides is 1. The van der Waals surface area contributed by atoms with E-state index < -0.39 is 17.8 Å². The third kappa shape index (κ3) is 5.14. The molecular formula is C14H23N3O3. The molecule has 0 saturated heterocycles. The monoisotopic (exact) mass is 281 g/mol. The summed E-state index contributed by atoms with van der Waals surface area (Å²) >= 11 is 0. The summed E-state index contributed by atoms with van der Waals surface area (Å²) in [6, 6.07) is 3.48. The highest BCUT2D eigenvalue weighted by Crippen LogP contribution is 2.18. The molecule has 20 heavy (non-hydrogen) atoms. The zero-order chi connectivity index (χ0) is 15.3. The summed E-state index contributed by atoms with van der Waals surface area (Å²) in [6.45, 7) is 7.46. The van der Waals surface area contributed by atoms with Gasteiger partial charge in [-0.1, -0.05) is 0 Å². The van der Waals surface area contributed by atoms with Crippen molar-refractivity contribution in [1.29, 1.82) is 0 Å². The Bertz CT molecular complexity index is 438. The molecule has 0 aliphatic carbocycles. The molecule has 3 N–H and O–H groups in total. The fourth-order valence-corrected chi connectivity index (χ4v) is 1.56. The van der Waals surface area contributed by atoms with E-state index in [9.17, 15) is 9.90 Å². The van der Waals surface area contributed by atoms with E-state index in [1.165, 1.54) is 4.90 Å². The van der Waals surface area contributed by atoms with Gasteiger partial charge in [0.05, 0.1) is 30.2 Å². The number of ether oxygens (including phenoxy) is 1. The average Bonchev–Trinajstić information content (AvgIpc) is 2.34. The van der Waals surface area contributed by atoms with Crippen LogP contribution < -0.4 is 10.6 Å². The number of aliphatic hydroxyl groups is 1. The zero-order valence-corrected chi connectivity index (χ0v) is 12.5. The van der Waals surface area contributed by atoms with Gasteiger partial charge in [-0.3, -0.25) is 9.88 Å². The molecule has 0 radical (unpaired) electrons. The van der Waals surface area contributed by atoms with Gasteiger partial charge in [0, 0.05) is 6.54 Å². The Morgan fingerprint density at radius 3 is 2.55 bits per heavy atom. The van der Waals surface area contributed by atoms with Gasteiger partial charge in [-0.15, -0.1) is 0 Å². The van der Waals surface area contributed by atoms with Crippen LogP contribution in [0.1, 0.15) is 33.4 Å². The Hall–Kier alpha value is -1.66. The molecule has 1 atom stereocenters. The normalized spacial score (nSPS) is 12.9. The molecule has 6 heteroatoms. The predicted octanol–water partition coefficient (Wildman–Crippen LogP) is 1.66. The first-order valence-electron chi connectivity index (χ1n) is 6.56. The lowest BCUT2D eigenvalue weighted by molar-refractivity contribution is 0.0560. The number of nitrogens with zero attached hydrogens (tertiary/aromatic N) is 2. The molecule has 0 unspecified atom stereocenters. The summed E-state index contributed by atoms with van der Waals surface area (Å²) in [7, 11) is 0. The average molecular weight is 281 g/mol. The van der Waals surface area contributed by atoms with Gasteiger partial charge in [-0.25, -0.2) is 4.79 Å². The fourth-order valence-electron chi connectivity index (χ4n) is 1.56. The standard InChI is InChI=1S/C14H23N3O3/c1-10(18)9-17(13(19)20-14(2,3)4)12-6-5-11(7-15)16-8-12/h5-6,8,10,18H,7,9,15H2,1-4H3/t10-/m1/s1. The molecule has 0 spiro atoms. The molecule has 0 saturated carbocycles. The van der Waals surface area contributed by atoms with Gasteiger partial charge in [-0.05, 0) is 39.8 Å². The summed E-state index contributed by atoms with van der Waals surface area (Å²) in [5, 5.41) is 9.54. The van der Waals surface area contributed by atoms with Crippen LogP contribution in [0.2, 0.25) is 0 Å². The number of carbonyl (C=O) groups is 1. The Balaban J connectivity index is 2.95. The Morgan fingerprint density at radius 1 is 1.50 bits per heavy atom. The lowest BCUT2D eigenvalue weighted by Gasteiger charge is -2.28. The highest BCUT2D eigenvalue weighted by Gasteiger charge is 2.24. The lowest BCUT2D eigenvalue weighted by Crippen LogP contribution is -2.40. The van der Waals surface area contributed by atoms with E-state index in [0.717, 1.165) is 5.69 Å². The topological polar surface area (TPSA) is 88.7 Å². The van der Waals surface area contributed by atoms with Crippen LogP contribution in [-0.2, 0) is 11.3 Å². The first-order valence-corrected chi connectivity index (χ1v) is 6.56. The summed E-state index contributed by atoms with van der Waals surface area (Å²) in [6.07, 6.45) is 0.367. The van der Waals surface area contributed by atoms with Crippen LogP contribution in [-0.4, -0.2) is 34.4 Å². The molecule has 6 nitrogen and oxygen atoms in total.